The Morgan fingerprint density at radius 2 is 2.24 bits per heavy atom. The van der Waals surface area contributed by atoms with Gasteiger partial charge in [-0.05, 0) is 27.2 Å². The highest BCUT2D eigenvalue weighted by molar-refractivity contribution is 5.75. The van der Waals surface area contributed by atoms with E-state index in [9.17, 15) is 4.79 Å². The van der Waals surface area contributed by atoms with Crippen LogP contribution in [0, 0.1) is 13.8 Å². The third kappa shape index (κ3) is 3.45. The van der Waals surface area contributed by atoms with Crippen molar-refractivity contribution < 1.29 is 9.53 Å². The van der Waals surface area contributed by atoms with Gasteiger partial charge < -0.3 is 4.74 Å². The summed E-state index contributed by atoms with van der Waals surface area (Å²) in [7, 11) is 1.88. The number of nitrogens with one attached hydrogen (secondary N) is 1. The Morgan fingerprint density at radius 3 is 2.71 bits per heavy atom. The first kappa shape index (κ1) is 13.5. The second kappa shape index (κ2) is 5.67. The summed E-state index contributed by atoms with van der Waals surface area (Å²) in [4.78, 5) is 11.0. The lowest BCUT2D eigenvalue weighted by Crippen LogP contribution is -2.30. The number of nitrogens with zero attached hydrogens (tertiary/aromatic N) is 2. The number of carbonyl (C=O) groups is 1. The molecule has 1 aromatic heterocycles. The summed E-state index contributed by atoms with van der Waals surface area (Å²) in [5, 5.41) is 4.27. The molecule has 6 nitrogen and oxygen atoms in total. The SMILES string of the molecule is Cc1nn(C)c(C)c1OC(C)CCC(=O)NN. The van der Waals surface area contributed by atoms with Crippen molar-refractivity contribution in [2.45, 2.75) is 39.7 Å². The van der Waals surface area contributed by atoms with Gasteiger partial charge in [0.15, 0.2) is 5.75 Å². The third-order valence-electron chi connectivity index (χ3n) is 2.70. The van der Waals surface area contributed by atoms with Crippen LogP contribution < -0.4 is 16.0 Å². The largest absolute Gasteiger partial charge is 0.487 e. The van der Waals surface area contributed by atoms with Gasteiger partial charge in [-0.1, -0.05) is 0 Å². The summed E-state index contributed by atoms with van der Waals surface area (Å²) in [5.41, 5.74) is 3.95. The van der Waals surface area contributed by atoms with E-state index in [2.05, 4.69) is 10.5 Å². The van der Waals surface area contributed by atoms with Crippen LogP contribution in [0.3, 0.4) is 0 Å². The molecule has 1 unspecified atom stereocenters. The molecule has 1 aromatic rings. The molecule has 0 saturated heterocycles. The fourth-order valence-electron chi connectivity index (χ4n) is 1.59. The number of ether oxygens (including phenoxy) is 1. The van der Waals surface area contributed by atoms with Gasteiger partial charge in [0.25, 0.3) is 0 Å². The summed E-state index contributed by atoms with van der Waals surface area (Å²) in [5.74, 6) is 5.63. The summed E-state index contributed by atoms with van der Waals surface area (Å²) < 4.78 is 7.57. The molecule has 0 spiro atoms. The van der Waals surface area contributed by atoms with Crippen LogP contribution in [-0.2, 0) is 11.8 Å². The fraction of sp³-hybridized carbons (Fsp3) is 0.636. The van der Waals surface area contributed by atoms with Crippen molar-refractivity contribution in [2.24, 2.45) is 12.9 Å². The number of hydrogen-bond acceptors (Lipinski definition) is 4. The minimum Gasteiger partial charge on any atom is -0.487 e. The number of carbonyl (C=O) groups excluding carboxylic acids is 1. The van der Waals surface area contributed by atoms with E-state index in [1.54, 1.807) is 4.68 Å². The van der Waals surface area contributed by atoms with Crippen LogP contribution in [0.4, 0.5) is 0 Å². The zero-order chi connectivity index (χ0) is 13.0. The van der Waals surface area contributed by atoms with Crippen LogP contribution in [0.2, 0.25) is 0 Å². The number of hydrazine groups is 1. The molecule has 96 valence electrons. The van der Waals surface area contributed by atoms with Crippen molar-refractivity contribution in [3.05, 3.63) is 11.4 Å². The average Bonchev–Trinajstić information content (AvgIpc) is 2.53. The van der Waals surface area contributed by atoms with Gasteiger partial charge in [0.2, 0.25) is 5.91 Å². The molecule has 0 aromatic carbocycles. The van der Waals surface area contributed by atoms with Crippen molar-refractivity contribution in [1.29, 1.82) is 0 Å². The lowest BCUT2D eigenvalue weighted by atomic mass is 10.2. The molecule has 1 atom stereocenters. The first-order chi connectivity index (χ1) is 7.95. The van der Waals surface area contributed by atoms with Gasteiger partial charge in [-0.25, -0.2) is 5.84 Å². The highest BCUT2D eigenvalue weighted by atomic mass is 16.5. The number of amides is 1. The zero-order valence-corrected chi connectivity index (χ0v) is 10.8. The topological polar surface area (TPSA) is 82.2 Å². The van der Waals surface area contributed by atoms with Gasteiger partial charge in [0.05, 0.1) is 11.8 Å². The van der Waals surface area contributed by atoms with Gasteiger partial charge in [0.1, 0.15) is 5.69 Å². The Balaban J connectivity index is 2.56. The Bertz CT molecular complexity index is 400. The molecular formula is C11H20N4O2. The molecule has 3 N–H and O–H groups in total. The summed E-state index contributed by atoms with van der Waals surface area (Å²) >= 11 is 0. The molecule has 0 radical (unpaired) electrons. The Hall–Kier alpha value is -1.56. The maximum atomic E-state index is 11.0. The van der Waals surface area contributed by atoms with Gasteiger partial charge in [-0.3, -0.25) is 14.9 Å². The molecule has 0 fully saturated rings. The molecule has 0 bridgehead atoms. The van der Waals surface area contributed by atoms with Gasteiger partial charge >= 0.3 is 0 Å². The lowest BCUT2D eigenvalue weighted by Gasteiger charge is -2.14. The normalized spacial score (nSPS) is 12.3. The Kier molecular flexibility index (Phi) is 4.51. The van der Waals surface area contributed by atoms with Crippen LogP contribution in [0.1, 0.15) is 31.2 Å². The van der Waals surface area contributed by atoms with Gasteiger partial charge in [-0.15, -0.1) is 0 Å². The average molecular weight is 240 g/mol. The van der Waals surface area contributed by atoms with Crippen molar-refractivity contribution >= 4 is 5.91 Å². The van der Waals surface area contributed by atoms with Crippen molar-refractivity contribution in [3.63, 3.8) is 0 Å². The van der Waals surface area contributed by atoms with Crippen LogP contribution in [0.25, 0.3) is 0 Å². The minimum absolute atomic E-state index is 0.0473. The second-order valence-corrected chi connectivity index (χ2v) is 4.16. The molecule has 17 heavy (non-hydrogen) atoms. The number of nitrogens with two attached hydrogens (primary N) is 1. The summed E-state index contributed by atoms with van der Waals surface area (Å²) in [6.07, 6.45) is 0.932. The standard InChI is InChI=1S/C11H20N4O2/c1-7(5-6-10(16)13-12)17-11-8(2)14-15(4)9(11)3/h7H,5-6,12H2,1-4H3,(H,13,16). The number of hydrogen-bond donors (Lipinski definition) is 2. The third-order valence-corrected chi connectivity index (χ3v) is 2.70. The van der Waals surface area contributed by atoms with E-state index < -0.39 is 0 Å². The van der Waals surface area contributed by atoms with Crippen LogP contribution in [0.5, 0.6) is 5.75 Å². The quantitative estimate of drug-likeness (QED) is 0.448. The predicted octanol–water partition coefficient (Wildman–Crippen LogP) is 0.574. The van der Waals surface area contributed by atoms with Crippen LogP contribution >= 0.6 is 0 Å². The molecule has 1 amide bonds. The zero-order valence-electron chi connectivity index (χ0n) is 10.8. The molecule has 0 aliphatic heterocycles. The maximum Gasteiger partial charge on any atom is 0.234 e. The van der Waals surface area contributed by atoms with Crippen molar-refractivity contribution in [3.8, 4) is 5.75 Å². The Labute approximate surface area is 101 Å². The van der Waals surface area contributed by atoms with E-state index in [4.69, 9.17) is 10.6 Å². The van der Waals surface area contributed by atoms with Crippen LogP contribution in [-0.4, -0.2) is 21.8 Å². The fourth-order valence-corrected chi connectivity index (χ4v) is 1.59. The highest BCUT2D eigenvalue weighted by Gasteiger charge is 2.14. The predicted molar refractivity (Wildman–Crippen MR) is 64.3 cm³/mol. The van der Waals surface area contributed by atoms with Crippen molar-refractivity contribution in [1.82, 2.24) is 15.2 Å². The monoisotopic (exact) mass is 240 g/mol. The van der Waals surface area contributed by atoms with E-state index in [0.29, 0.717) is 12.8 Å². The van der Waals surface area contributed by atoms with E-state index >= 15 is 0 Å². The smallest absolute Gasteiger partial charge is 0.234 e. The minimum atomic E-state index is -0.180. The van der Waals surface area contributed by atoms with E-state index in [1.807, 2.05) is 27.8 Å². The molecular weight excluding hydrogens is 220 g/mol. The van der Waals surface area contributed by atoms with Crippen LogP contribution in [0.15, 0.2) is 0 Å². The number of rotatable bonds is 5. The second-order valence-electron chi connectivity index (χ2n) is 4.16. The van der Waals surface area contributed by atoms with Gasteiger partial charge in [-0.2, -0.15) is 5.10 Å². The van der Waals surface area contributed by atoms with Crippen molar-refractivity contribution in [2.75, 3.05) is 0 Å². The summed E-state index contributed by atoms with van der Waals surface area (Å²) in [6, 6.07) is 0. The van der Waals surface area contributed by atoms with E-state index in [0.717, 1.165) is 17.1 Å². The maximum absolute atomic E-state index is 11.0. The first-order valence-electron chi connectivity index (χ1n) is 5.62. The van der Waals surface area contributed by atoms with E-state index in [-0.39, 0.29) is 12.0 Å². The molecule has 1 heterocycles. The molecule has 0 aliphatic carbocycles. The molecule has 0 aliphatic rings. The molecule has 0 saturated carbocycles. The number of aromatic nitrogens is 2. The molecule has 1 rings (SSSR count). The van der Waals surface area contributed by atoms with Gasteiger partial charge in [0, 0.05) is 13.5 Å². The van der Waals surface area contributed by atoms with E-state index in [1.165, 1.54) is 0 Å². The summed E-state index contributed by atoms with van der Waals surface area (Å²) in [6.45, 7) is 5.78. The Morgan fingerprint density at radius 1 is 1.59 bits per heavy atom. The lowest BCUT2D eigenvalue weighted by molar-refractivity contribution is -0.121. The number of aryl methyl sites for hydroxylation is 2. The first-order valence-corrected chi connectivity index (χ1v) is 5.62. The highest BCUT2D eigenvalue weighted by Crippen LogP contribution is 2.23. The molecule has 6 heteroatoms.